The standard InChI is InChI=1S/C31H26F4/c1-2-3-4-22-5-7-23(8-6-22)9-10-25-14-20-29-27(21-25)17-16-26(30(29)32)15-11-24-12-18-28(19-13-24)31(33,34)35/h5-8,12-14,16-21H,2-4,9-10H2,1H3. The van der Waals surface area contributed by atoms with Crippen LogP contribution in [-0.4, -0.2) is 0 Å². The fourth-order valence-corrected chi connectivity index (χ4v) is 4.02. The minimum absolute atomic E-state index is 0.216. The summed E-state index contributed by atoms with van der Waals surface area (Å²) in [7, 11) is 0. The molecule has 0 amide bonds. The van der Waals surface area contributed by atoms with Crippen LogP contribution in [0.4, 0.5) is 17.6 Å². The maximum Gasteiger partial charge on any atom is 0.416 e. The van der Waals surface area contributed by atoms with Gasteiger partial charge in [-0.25, -0.2) is 4.39 Å². The minimum atomic E-state index is -4.39. The van der Waals surface area contributed by atoms with Crippen LogP contribution in [0.15, 0.2) is 78.9 Å². The Morgan fingerprint density at radius 1 is 0.686 bits per heavy atom. The van der Waals surface area contributed by atoms with Crippen LogP contribution in [0.25, 0.3) is 10.8 Å². The molecule has 0 aliphatic rings. The number of aryl methyl sites for hydroxylation is 3. The van der Waals surface area contributed by atoms with Gasteiger partial charge in [-0.3, -0.25) is 0 Å². The molecule has 0 aliphatic heterocycles. The highest BCUT2D eigenvalue weighted by Crippen LogP contribution is 2.29. The molecule has 0 atom stereocenters. The molecular weight excluding hydrogens is 448 g/mol. The number of alkyl halides is 3. The van der Waals surface area contributed by atoms with Crippen LogP contribution < -0.4 is 0 Å². The van der Waals surface area contributed by atoms with Crippen molar-refractivity contribution >= 4 is 10.8 Å². The summed E-state index contributed by atoms with van der Waals surface area (Å²) in [6.45, 7) is 2.20. The molecule has 0 fully saturated rings. The number of benzene rings is 4. The van der Waals surface area contributed by atoms with Gasteiger partial charge in [-0.05, 0) is 78.1 Å². The Morgan fingerprint density at radius 3 is 1.97 bits per heavy atom. The Bertz CT molecular complexity index is 1350. The predicted octanol–water partition coefficient (Wildman–Crippen LogP) is 8.53. The first kappa shape index (κ1) is 24.5. The molecule has 0 unspecified atom stereocenters. The van der Waals surface area contributed by atoms with Gasteiger partial charge in [0.25, 0.3) is 0 Å². The van der Waals surface area contributed by atoms with Gasteiger partial charge in [-0.1, -0.05) is 73.7 Å². The van der Waals surface area contributed by atoms with E-state index in [4.69, 9.17) is 0 Å². The zero-order valence-electron chi connectivity index (χ0n) is 19.6. The second kappa shape index (κ2) is 10.8. The highest BCUT2D eigenvalue weighted by molar-refractivity contribution is 5.85. The first-order chi connectivity index (χ1) is 16.8. The summed E-state index contributed by atoms with van der Waals surface area (Å²) < 4.78 is 53.2. The molecule has 0 radical (unpaired) electrons. The summed E-state index contributed by atoms with van der Waals surface area (Å²) in [5.41, 5.74) is 3.66. The van der Waals surface area contributed by atoms with E-state index in [-0.39, 0.29) is 5.56 Å². The Balaban J connectivity index is 1.45. The molecule has 0 heterocycles. The predicted molar refractivity (Wildman–Crippen MR) is 134 cm³/mol. The number of fused-ring (bicyclic) bond motifs is 1. The molecule has 0 saturated heterocycles. The normalized spacial score (nSPS) is 11.3. The molecule has 0 saturated carbocycles. The fraction of sp³-hybridized carbons (Fsp3) is 0.226. The van der Waals surface area contributed by atoms with Crippen molar-refractivity contribution in [2.24, 2.45) is 0 Å². The van der Waals surface area contributed by atoms with Gasteiger partial charge in [0.2, 0.25) is 0 Å². The van der Waals surface area contributed by atoms with Crippen molar-refractivity contribution in [3.63, 3.8) is 0 Å². The highest BCUT2D eigenvalue weighted by atomic mass is 19.4. The molecule has 4 heteroatoms. The van der Waals surface area contributed by atoms with Crippen LogP contribution >= 0.6 is 0 Å². The first-order valence-corrected chi connectivity index (χ1v) is 11.8. The molecule has 4 aromatic rings. The maximum absolute atomic E-state index is 15.0. The third-order valence-electron chi connectivity index (χ3n) is 6.12. The van der Waals surface area contributed by atoms with Crippen LogP contribution in [0.3, 0.4) is 0 Å². The zero-order valence-corrected chi connectivity index (χ0v) is 19.6. The lowest BCUT2D eigenvalue weighted by atomic mass is 9.98. The first-order valence-electron chi connectivity index (χ1n) is 11.8. The molecule has 178 valence electrons. The van der Waals surface area contributed by atoms with E-state index < -0.39 is 17.6 Å². The van der Waals surface area contributed by atoms with Gasteiger partial charge in [-0.2, -0.15) is 13.2 Å². The van der Waals surface area contributed by atoms with Crippen molar-refractivity contribution in [1.82, 2.24) is 0 Å². The molecule has 0 nitrogen and oxygen atoms in total. The summed E-state index contributed by atoms with van der Waals surface area (Å²) in [4.78, 5) is 0. The van der Waals surface area contributed by atoms with Gasteiger partial charge in [0.05, 0.1) is 11.1 Å². The number of hydrogen-bond donors (Lipinski definition) is 0. The van der Waals surface area contributed by atoms with Crippen LogP contribution in [0.1, 0.15) is 53.1 Å². The molecule has 0 spiro atoms. The zero-order chi connectivity index (χ0) is 24.8. The van der Waals surface area contributed by atoms with Gasteiger partial charge < -0.3 is 0 Å². The third kappa shape index (κ3) is 6.31. The van der Waals surface area contributed by atoms with Gasteiger partial charge >= 0.3 is 6.18 Å². The van der Waals surface area contributed by atoms with E-state index in [1.54, 1.807) is 12.1 Å². The lowest BCUT2D eigenvalue weighted by Gasteiger charge is -2.07. The second-order valence-electron chi connectivity index (χ2n) is 8.73. The summed E-state index contributed by atoms with van der Waals surface area (Å²) in [6.07, 6.45) is 0.894. The number of hydrogen-bond acceptors (Lipinski definition) is 0. The van der Waals surface area contributed by atoms with Crippen LogP contribution in [0.5, 0.6) is 0 Å². The SMILES string of the molecule is CCCCc1ccc(CCc2ccc3c(F)c(C#Cc4ccc(C(F)(F)F)cc4)ccc3c2)cc1. The Morgan fingerprint density at radius 2 is 1.31 bits per heavy atom. The molecule has 0 aliphatic carbocycles. The number of halogens is 4. The molecule has 4 aromatic carbocycles. The van der Waals surface area contributed by atoms with E-state index in [1.165, 1.54) is 36.1 Å². The van der Waals surface area contributed by atoms with Gasteiger partial charge in [-0.15, -0.1) is 0 Å². The van der Waals surface area contributed by atoms with Crippen LogP contribution in [0, 0.1) is 17.7 Å². The Labute approximate surface area is 203 Å². The van der Waals surface area contributed by atoms with Crippen molar-refractivity contribution in [1.29, 1.82) is 0 Å². The summed E-state index contributed by atoms with van der Waals surface area (Å²) in [5, 5.41) is 1.28. The fourth-order valence-electron chi connectivity index (χ4n) is 4.02. The average Bonchev–Trinajstić information content (AvgIpc) is 2.86. The number of unbranched alkanes of at least 4 members (excludes halogenated alkanes) is 1. The lowest BCUT2D eigenvalue weighted by molar-refractivity contribution is -0.137. The van der Waals surface area contributed by atoms with Gasteiger partial charge in [0.15, 0.2) is 0 Å². The second-order valence-corrected chi connectivity index (χ2v) is 8.73. The average molecular weight is 475 g/mol. The topological polar surface area (TPSA) is 0 Å². The van der Waals surface area contributed by atoms with Crippen LogP contribution in [0.2, 0.25) is 0 Å². The molecule has 0 N–H and O–H groups in total. The molecule has 0 bridgehead atoms. The van der Waals surface area contributed by atoms with Crippen molar-refractivity contribution in [2.75, 3.05) is 0 Å². The van der Waals surface area contributed by atoms with Crippen molar-refractivity contribution < 1.29 is 17.6 Å². The Kier molecular flexibility index (Phi) is 7.56. The smallest absolute Gasteiger partial charge is 0.205 e. The van der Waals surface area contributed by atoms with Crippen LogP contribution in [-0.2, 0) is 25.4 Å². The lowest BCUT2D eigenvalue weighted by Crippen LogP contribution is -2.04. The van der Waals surface area contributed by atoms with Crippen molar-refractivity contribution in [2.45, 2.75) is 45.2 Å². The van der Waals surface area contributed by atoms with Crippen molar-refractivity contribution in [3.05, 3.63) is 118 Å². The molecular formula is C31H26F4. The van der Waals surface area contributed by atoms with E-state index in [0.29, 0.717) is 10.9 Å². The minimum Gasteiger partial charge on any atom is -0.205 e. The highest BCUT2D eigenvalue weighted by Gasteiger charge is 2.29. The quantitative estimate of drug-likeness (QED) is 0.194. The van der Waals surface area contributed by atoms with E-state index in [1.807, 2.05) is 18.2 Å². The van der Waals surface area contributed by atoms with E-state index in [9.17, 15) is 13.2 Å². The van der Waals surface area contributed by atoms with Gasteiger partial charge in [0.1, 0.15) is 5.82 Å². The largest absolute Gasteiger partial charge is 0.416 e. The molecule has 4 rings (SSSR count). The molecule has 35 heavy (non-hydrogen) atoms. The van der Waals surface area contributed by atoms with Gasteiger partial charge in [0, 0.05) is 10.9 Å². The summed E-state index contributed by atoms with van der Waals surface area (Å²) >= 11 is 0. The summed E-state index contributed by atoms with van der Waals surface area (Å²) in [5.74, 6) is 5.08. The monoisotopic (exact) mass is 474 g/mol. The maximum atomic E-state index is 15.0. The summed E-state index contributed by atoms with van der Waals surface area (Å²) in [6, 6.07) is 22.5. The Hall–Kier alpha value is -3.58. The number of rotatable bonds is 6. The van der Waals surface area contributed by atoms with E-state index in [0.717, 1.165) is 42.3 Å². The van der Waals surface area contributed by atoms with Crippen molar-refractivity contribution in [3.8, 4) is 11.8 Å². The van der Waals surface area contributed by atoms with E-state index in [2.05, 4.69) is 43.0 Å². The third-order valence-corrected chi connectivity index (χ3v) is 6.12. The van der Waals surface area contributed by atoms with E-state index >= 15 is 4.39 Å². The molecule has 0 aromatic heterocycles.